The molecule has 0 spiro atoms. The van der Waals surface area contributed by atoms with Crippen LogP contribution < -0.4 is 5.32 Å². The lowest BCUT2D eigenvalue weighted by atomic mass is 9.94. The molecule has 0 heterocycles. The zero-order chi connectivity index (χ0) is 16.7. The molecule has 4 heteroatoms. The Hall–Kier alpha value is -0.610. The lowest BCUT2D eigenvalue weighted by Crippen LogP contribution is -2.46. The van der Waals surface area contributed by atoms with Gasteiger partial charge in [-0.15, -0.1) is 0 Å². The van der Waals surface area contributed by atoms with E-state index in [0.29, 0.717) is 19.1 Å². The fourth-order valence-electron chi connectivity index (χ4n) is 3.56. The smallest absolute Gasteiger partial charge is 0.323 e. The van der Waals surface area contributed by atoms with E-state index in [0.717, 1.165) is 12.8 Å². The first-order valence-corrected chi connectivity index (χ1v) is 9.54. The van der Waals surface area contributed by atoms with Gasteiger partial charge in [-0.3, -0.25) is 4.79 Å². The van der Waals surface area contributed by atoms with Crippen molar-refractivity contribution in [2.45, 2.75) is 109 Å². The van der Waals surface area contributed by atoms with E-state index >= 15 is 0 Å². The first-order chi connectivity index (χ1) is 10.9. The molecule has 0 aromatic carbocycles. The van der Waals surface area contributed by atoms with Gasteiger partial charge in [0.05, 0.1) is 5.60 Å². The monoisotopic (exact) mass is 325 g/mol. The van der Waals surface area contributed by atoms with Gasteiger partial charge in [0.2, 0.25) is 0 Å². The van der Waals surface area contributed by atoms with Gasteiger partial charge < -0.3 is 14.8 Å². The Balaban J connectivity index is 1.84. The molecule has 0 amide bonds. The molecule has 1 N–H and O–H groups in total. The Morgan fingerprint density at radius 2 is 1.65 bits per heavy atom. The summed E-state index contributed by atoms with van der Waals surface area (Å²) in [6.45, 7) is 6.74. The van der Waals surface area contributed by atoms with Gasteiger partial charge in [0.1, 0.15) is 12.1 Å². The summed E-state index contributed by atoms with van der Waals surface area (Å²) in [5, 5.41) is 3.56. The van der Waals surface area contributed by atoms with Gasteiger partial charge in [0.15, 0.2) is 0 Å². The molecule has 2 aliphatic carbocycles. The molecule has 1 atom stereocenters. The molecule has 4 nitrogen and oxygen atoms in total. The second-order valence-electron chi connectivity index (χ2n) is 8.15. The fraction of sp³-hybridized carbons (Fsp3) is 0.947. The van der Waals surface area contributed by atoms with E-state index in [1.807, 2.05) is 20.8 Å². The molecular formula is C19H35NO3. The summed E-state index contributed by atoms with van der Waals surface area (Å²) < 4.78 is 11.6. The third-order valence-electron chi connectivity index (χ3n) is 4.85. The molecule has 0 saturated heterocycles. The van der Waals surface area contributed by atoms with Crippen LogP contribution in [0.1, 0.15) is 85.0 Å². The van der Waals surface area contributed by atoms with Crippen LogP contribution in [0.25, 0.3) is 0 Å². The lowest BCUT2D eigenvalue weighted by Gasteiger charge is -2.29. The number of carbonyl (C=O) groups is 1. The third-order valence-corrected chi connectivity index (χ3v) is 4.85. The van der Waals surface area contributed by atoms with Crippen molar-refractivity contribution in [2.24, 2.45) is 0 Å². The second kappa shape index (κ2) is 9.03. The van der Waals surface area contributed by atoms with Crippen LogP contribution in [0, 0.1) is 0 Å². The predicted octanol–water partition coefficient (Wildman–Crippen LogP) is 3.97. The van der Waals surface area contributed by atoms with Gasteiger partial charge in [0.25, 0.3) is 0 Å². The molecular weight excluding hydrogens is 290 g/mol. The molecule has 0 aromatic rings. The highest BCUT2D eigenvalue weighted by Gasteiger charge is 2.28. The predicted molar refractivity (Wildman–Crippen MR) is 92.5 cm³/mol. The van der Waals surface area contributed by atoms with E-state index in [-0.39, 0.29) is 23.7 Å². The number of rotatable bonds is 7. The first-order valence-electron chi connectivity index (χ1n) is 9.54. The van der Waals surface area contributed by atoms with Crippen LogP contribution in [0.3, 0.4) is 0 Å². The van der Waals surface area contributed by atoms with Crippen LogP contribution in [-0.2, 0) is 14.3 Å². The average Bonchev–Trinajstić information content (AvgIpc) is 2.99. The number of nitrogens with one attached hydrogen (secondary N) is 1. The Morgan fingerprint density at radius 3 is 2.26 bits per heavy atom. The normalized spacial score (nSPS) is 22.2. The van der Waals surface area contributed by atoms with Crippen molar-refractivity contribution in [2.75, 3.05) is 6.61 Å². The minimum Gasteiger partial charge on any atom is -0.461 e. The largest absolute Gasteiger partial charge is 0.461 e. The van der Waals surface area contributed by atoms with E-state index in [1.165, 1.54) is 44.9 Å². The van der Waals surface area contributed by atoms with E-state index in [2.05, 4.69) is 5.32 Å². The van der Waals surface area contributed by atoms with Crippen LogP contribution in [0.4, 0.5) is 0 Å². The minimum absolute atomic E-state index is 0.0695. The number of hydrogen-bond acceptors (Lipinski definition) is 4. The zero-order valence-corrected chi connectivity index (χ0v) is 15.2. The maximum absolute atomic E-state index is 12.6. The van der Waals surface area contributed by atoms with Gasteiger partial charge in [-0.1, -0.05) is 19.3 Å². The molecule has 0 bridgehead atoms. The highest BCUT2D eigenvalue weighted by Crippen LogP contribution is 2.23. The van der Waals surface area contributed by atoms with E-state index in [4.69, 9.17) is 9.47 Å². The summed E-state index contributed by atoms with van der Waals surface area (Å²) in [5.74, 6) is -0.0695. The van der Waals surface area contributed by atoms with E-state index in [1.54, 1.807) is 0 Å². The van der Waals surface area contributed by atoms with Gasteiger partial charge in [-0.25, -0.2) is 0 Å². The Bertz CT molecular complexity index is 352. The molecule has 134 valence electrons. The number of ether oxygens (including phenoxy) is 2. The fourth-order valence-corrected chi connectivity index (χ4v) is 3.56. The molecule has 2 aliphatic rings. The summed E-state index contributed by atoms with van der Waals surface area (Å²) in [6, 6.07) is 0.237. The standard InChI is InChI=1S/C19H35NO3/c1-19(2,3)22-14-13-17(20-15-9-5-4-6-10-15)18(21)23-16-11-7-8-12-16/h15-17,20H,4-14H2,1-3H3/t17-/m0/s1. The minimum atomic E-state index is -0.221. The molecule has 0 unspecified atom stereocenters. The third kappa shape index (κ3) is 7.21. The Morgan fingerprint density at radius 1 is 1.04 bits per heavy atom. The summed E-state index contributed by atoms with van der Waals surface area (Å²) in [4.78, 5) is 12.6. The summed E-state index contributed by atoms with van der Waals surface area (Å²) in [7, 11) is 0. The molecule has 0 aromatic heterocycles. The van der Waals surface area contributed by atoms with Crippen molar-refractivity contribution in [3.63, 3.8) is 0 Å². The number of esters is 1. The van der Waals surface area contributed by atoms with E-state index in [9.17, 15) is 4.79 Å². The molecule has 23 heavy (non-hydrogen) atoms. The van der Waals surface area contributed by atoms with Gasteiger partial charge in [-0.2, -0.15) is 0 Å². The second-order valence-corrected chi connectivity index (χ2v) is 8.15. The van der Waals surface area contributed by atoms with Crippen LogP contribution in [0.5, 0.6) is 0 Å². The average molecular weight is 325 g/mol. The van der Waals surface area contributed by atoms with Crippen molar-refractivity contribution in [3.05, 3.63) is 0 Å². The zero-order valence-electron chi connectivity index (χ0n) is 15.2. The summed E-state index contributed by atoms with van der Waals surface area (Å²) in [5.41, 5.74) is -0.162. The molecule has 2 saturated carbocycles. The van der Waals surface area contributed by atoms with Crippen molar-refractivity contribution < 1.29 is 14.3 Å². The SMILES string of the molecule is CC(C)(C)OCC[C@H](NC1CCCCC1)C(=O)OC1CCCC1. The van der Waals surface area contributed by atoms with Crippen molar-refractivity contribution in [1.82, 2.24) is 5.32 Å². The van der Waals surface area contributed by atoms with Gasteiger partial charge >= 0.3 is 5.97 Å². The topological polar surface area (TPSA) is 47.6 Å². The molecule has 2 rings (SSSR count). The van der Waals surface area contributed by atoms with Crippen LogP contribution in [0.15, 0.2) is 0 Å². The van der Waals surface area contributed by atoms with Crippen molar-refractivity contribution in [1.29, 1.82) is 0 Å². The highest BCUT2D eigenvalue weighted by atomic mass is 16.5. The highest BCUT2D eigenvalue weighted by molar-refractivity contribution is 5.76. The van der Waals surface area contributed by atoms with Crippen LogP contribution in [-0.4, -0.2) is 36.4 Å². The van der Waals surface area contributed by atoms with Crippen molar-refractivity contribution >= 4 is 5.97 Å². The van der Waals surface area contributed by atoms with E-state index < -0.39 is 0 Å². The summed E-state index contributed by atoms with van der Waals surface area (Å²) >= 11 is 0. The number of carbonyl (C=O) groups excluding carboxylic acids is 1. The quantitative estimate of drug-likeness (QED) is 0.720. The molecule has 0 aliphatic heterocycles. The van der Waals surface area contributed by atoms with Crippen LogP contribution >= 0.6 is 0 Å². The van der Waals surface area contributed by atoms with Crippen LogP contribution in [0.2, 0.25) is 0 Å². The summed E-state index contributed by atoms with van der Waals surface area (Å²) in [6.07, 6.45) is 11.5. The van der Waals surface area contributed by atoms with Gasteiger partial charge in [-0.05, 0) is 65.7 Å². The van der Waals surface area contributed by atoms with Crippen molar-refractivity contribution in [3.8, 4) is 0 Å². The Labute approximate surface area is 141 Å². The number of hydrogen-bond donors (Lipinski definition) is 1. The lowest BCUT2D eigenvalue weighted by molar-refractivity contribution is -0.152. The maximum atomic E-state index is 12.6. The molecule has 2 fully saturated rings. The first kappa shape index (κ1) is 18.7. The molecule has 0 radical (unpaired) electrons. The van der Waals surface area contributed by atoms with Gasteiger partial charge in [0, 0.05) is 12.6 Å². The Kier molecular flexibility index (Phi) is 7.35. The maximum Gasteiger partial charge on any atom is 0.323 e.